The zero-order chi connectivity index (χ0) is 16.2. The smallest absolute Gasteiger partial charge is 0.273 e. The Balaban J connectivity index is 1.71. The fourth-order valence-electron chi connectivity index (χ4n) is 2.04. The molecule has 0 saturated carbocycles. The van der Waals surface area contributed by atoms with Crippen LogP contribution >= 0.6 is 23.2 Å². The molecule has 3 rings (SSSR count). The minimum atomic E-state index is -0.302. The molecule has 116 valence electrons. The van der Waals surface area contributed by atoms with Crippen molar-refractivity contribution in [2.24, 2.45) is 0 Å². The van der Waals surface area contributed by atoms with Crippen molar-refractivity contribution in [3.8, 4) is 11.3 Å². The topological polar surface area (TPSA) is 55.1 Å². The maximum Gasteiger partial charge on any atom is 0.273 e. The lowest BCUT2D eigenvalue weighted by Gasteiger charge is -2.02. The number of halogens is 2. The summed E-state index contributed by atoms with van der Waals surface area (Å²) in [5.41, 5.74) is 1.92. The molecule has 1 aromatic heterocycles. The van der Waals surface area contributed by atoms with Gasteiger partial charge >= 0.3 is 0 Å². The average molecular weight is 347 g/mol. The third-order valence-electron chi connectivity index (χ3n) is 3.24. The first-order valence-corrected chi connectivity index (χ1v) is 7.63. The molecule has 0 saturated heterocycles. The van der Waals surface area contributed by atoms with E-state index in [0.717, 1.165) is 5.56 Å². The van der Waals surface area contributed by atoms with Gasteiger partial charge in [0, 0.05) is 18.2 Å². The van der Waals surface area contributed by atoms with E-state index in [9.17, 15) is 4.79 Å². The molecule has 0 aliphatic rings. The molecule has 0 aliphatic heterocycles. The number of hydrogen-bond acceptors (Lipinski definition) is 3. The van der Waals surface area contributed by atoms with Gasteiger partial charge in [-0.3, -0.25) is 4.79 Å². The summed E-state index contributed by atoms with van der Waals surface area (Å²) in [5, 5.41) is 7.45. The molecular weight excluding hydrogens is 335 g/mol. The van der Waals surface area contributed by atoms with Gasteiger partial charge in [0.05, 0.1) is 10.0 Å². The number of benzene rings is 2. The van der Waals surface area contributed by atoms with Gasteiger partial charge in [-0.25, -0.2) is 0 Å². The second kappa shape index (κ2) is 6.86. The molecule has 23 heavy (non-hydrogen) atoms. The van der Waals surface area contributed by atoms with E-state index < -0.39 is 0 Å². The number of aromatic nitrogens is 1. The molecule has 6 heteroatoms. The van der Waals surface area contributed by atoms with Crippen LogP contribution in [0.4, 0.5) is 0 Å². The Morgan fingerprint density at radius 1 is 1.04 bits per heavy atom. The van der Waals surface area contributed by atoms with Crippen LogP contribution in [0.1, 0.15) is 16.1 Å². The van der Waals surface area contributed by atoms with Gasteiger partial charge < -0.3 is 9.84 Å². The number of nitrogens with zero attached hydrogens (tertiary/aromatic N) is 1. The van der Waals surface area contributed by atoms with Gasteiger partial charge in [0.2, 0.25) is 0 Å². The zero-order valence-electron chi connectivity index (χ0n) is 11.9. The molecule has 0 radical (unpaired) electrons. The highest BCUT2D eigenvalue weighted by Gasteiger charge is 2.14. The summed E-state index contributed by atoms with van der Waals surface area (Å²) in [5.74, 6) is 0.150. The van der Waals surface area contributed by atoms with Crippen LogP contribution in [0.25, 0.3) is 11.3 Å². The second-order valence-corrected chi connectivity index (χ2v) is 5.69. The van der Waals surface area contributed by atoms with E-state index >= 15 is 0 Å². The summed E-state index contributed by atoms with van der Waals surface area (Å²) in [6.45, 7) is 0.425. The molecule has 0 fully saturated rings. The lowest BCUT2D eigenvalue weighted by atomic mass is 10.1. The number of amides is 1. The number of carbonyl (C=O) groups excluding carboxylic acids is 1. The molecule has 1 N–H and O–H groups in total. The van der Waals surface area contributed by atoms with Gasteiger partial charge in [0.15, 0.2) is 11.5 Å². The molecule has 0 unspecified atom stereocenters. The van der Waals surface area contributed by atoms with E-state index in [1.807, 2.05) is 30.3 Å². The van der Waals surface area contributed by atoms with Gasteiger partial charge in [-0.2, -0.15) is 0 Å². The standard InChI is InChI=1S/C17H12Cl2N2O2/c18-13-7-6-12(8-14(13)19)16-9-15(21-23-16)17(22)20-10-11-4-2-1-3-5-11/h1-9H,10H2,(H,20,22). The minimum Gasteiger partial charge on any atom is -0.355 e. The molecule has 0 aliphatic carbocycles. The average Bonchev–Trinajstić information content (AvgIpc) is 3.06. The maximum absolute atomic E-state index is 12.1. The summed E-state index contributed by atoms with van der Waals surface area (Å²) in [7, 11) is 0. The normalized spacial score (nSPS) is 10.5. The van der Waals surface area contributed by atoms with Crippen LogP contribution < -0.4 is 5.32 Å². The molecule has 3 aromatic rings. The van der Waals surface area contributed by atoms with E-state index in [4.69, 9.17) is 27.7 Å². The Morgan fingerprint density at radius 3 is 2.57 bits per heavy atom. The molecule has 1 heterocycles. The van der Waals surface area contributed by atoms with Crippen molar-refractivity contribution in [1.29, 1.82) is 0 Å². The van der Waals surface area contributed by atoms with E-state index in [1.165, 1.54) is 0 Å². The predicted octanol–water partition coefficient (Wildman–Crippen LogP) is 4.58. The largest absolute Gasteiger partial charge is 0.355 e. The van der Waals surface area contributed by atoms with Crippen LogP contribution in [-0.2, 0) is 6.54 Å². The van der Waals surface area contributed by atoms with Crippen LogP contribution in [0.15, 0.2) is 59.1 Å². The monoisotopic (exact) mass is 346 g/mol. The van der Waals surface area contributed by atoms with Crippen LogP contribution in [0.2, 0.25) is 10.0 Å². The molecule has 0 bridgehead atoms. The molecule has 4 nitrogen and oxygen atoms in total. The van der Waals surface area contributed by atoms with Gasteiger partial charge in [0.1, 0.15) is 0 Å². The maximum atomic E-state index is 12.1. The van der Waals surface area contributed by atoms with Crippen LogP contribution in [0.3, 0.4) is 0 Å². The third-order valence-corrected chi connectivity index (χ3v) is 3.98. The first-order chi connectivity index (χ1) is 11.1. The minimum absolute atomic E-state index is 0.210. The van der Waals surface area contributed by atoms with Crippen molar-refractivity contribution in [1.82, 2.24) is 10.5 Å². The summed E-state index contributed by atoms with van der Waals surface area (Å²) in [4.78, 5) is 12.1. The Hall–Kier alpha value is -2.30. The molecule has 1 amide bonds. The lowest BCUT2D eigenvalue weighted by Crippen LogP contribution is -2.22. The first kappa shape index (κ1) is 15.6. The second-order valence-electron chi connectivity index (χ2n) is 4.87. The van der Waals surface area contributed by atoms with E-state index in [2.05, 4.69) is 10.5 Å². The number of rotatable bonds is 4. The fraction of sp³-hybridized carbons (Fsp3) is 0.0588. The lowest BCUT2D eigenvalue weighted by molar-refractivity contribution is 0.0942. The van der Waals surface area contributed by atoms with Crippen molar-refractivity contribution in [3.05, 3.63) is 75.9 Å². The van der Waals surface area contributed by atoms with Gasteiger partial charge in [0.25, 0.3) is 5.91 Å². The van der Waals surface area contributed by atoms with Crippen LogP contribution in [-0.4, -0.2) is 11.1 Å². The summed E-state index contributed by atoms with van der Waals surface area (Å²) >= 11 is 11.9. The van der Waals surface area contributed by atoms with Crippen molar-refractivity contribution < 1.29 is 9.32 Å². The molecular formula is C17H12Cl2N2O2. The zero-order valence-corrected chi connectivity index (χ0v) is 13.4. The number of hydrogen-bond donors (Lipinski definition) is 1. The van der Waals surface area contributed by atoms with Gasteiger partial charge in [-0.1, -0.05) is 58.7 Å². The van der Waals surface area contributed by atoms with Gasteiger partial charge in [-0.05, 0) is 23.8 Å². The van der Waals surface area contributed by atoms with Crippen molar-refractivity contribution in [2.75, 3.05) is 0 Å². The Labute approximate surface area is 143 Å². The molecule has 0 atom stereocenters. The predicted molar refractivity (Wildman–Crippen MR) is 89.6 cm³/mol. The summed E-state index contributed by atoms with van der Waals surface area (Å²) < 4.78 is 5.21. The van der Waals surface area contributed by atoms with Crippen LogP contribution in [0.5, 0.6) is 0 Å². The number of carbonyl (C=O) groups is 1. The van der Waals surface area contributed by atoms with Gasteiger partial charge in [-0.15, -0.1) is 0 Å². The van der Waals surface area contributed by atoms with E-state index in [-0.39, 0.29) is 11.6 Å². The van der Waals surface area contributed by atoms with Crippen molar-refractivity contribution >= 4 is 29.1 Å². The Kier molecular flexibility index (Phi) is 4.65. The highest BCUT2D eigenvalue weighted by Crippen LogP contribution is 2.28. The Bertz CT molecular complexity index is 832. The van der Waals surface area contributed by atoms with Crippen molar-refractivity contribution in [2.45, 2.75) is 6.54 Å². The SMILES string of the molecule is O=C(NCc1ccccc1)c1cc(-c2ccc(Cl)c(Cl)c2)on1. The summed E-state index contributed by atoms with van der Waals surface area (Å²) in [6.07, 6.45) is 0. The Morgan fingerprint density at radius 2 is 1.83 bits per heavy atom. The fourth-order valence-corrected chi connectivity index (χ4v) is 2.33. The molecule has 0 spiro atoms. The molecule has 2 aromatic carbocycles. The third kappa shape index (κ3) is 3.73. The van der Waals surface area contributed by atoms with Crippen molar-refractivity contribution in [3.63, 3.8) is 0 Å². The first-order valence-electron chi connectivity index (χ1n) is 6.88. The van der Waals surface area contributed by atoms with E-state index in [1.54, 1.807) is 24.3 Å². The summed E-state index contributed by atoms with van der Waals surface area (Å²) in [6, 6.07) is 16.3. The highest BCUT2D eigenvalue weighted by atomic mass is 35.5. The van der Waals surface area contributed by atoms with E-state index in [0.29, 0.717) is 27.9 Å². The number of nitrogens with one attached hydrogen (secondary N) is 1. The van der Waals surface area contributed by atoms with Crippen LogP contribution in [0, 0.1) is 0 Å². The quantitative estimate of drug-likeness (QED) is 0.752. The highest BCUT2D eigenvalue weighted by molar-refractivity contribution is 6.42.